The van der Waals surface area contributed by atoms with Crippen LogP contribution < -0.4 is 5.32 Å². The van der Waals surface area contributed by atoms with Gasteiger partial charge in [0.15, 0.2) is 0 Å². The van der Waals surface area contributed by atoms with Crippen LogP contribution in [-0.2, 0) is 11.2 Å². The standard InChI is InChI=1S/C18H21NO2/c1-14-7-5-6-8-15(14)11-12-18(21)19-17(13-20)16-9-3-2-4-10-16/h2-10,17,20H,11-13H2,1H3,(H,19,21)/t17-/m0/s1. The van der Waals surface area contributed by atoms with Crippen LogP contribution in [0, 0.1) is 6.92 Å². The van der Waals surface area contributed by atoms with E-state index in [4.69, 9.17) is 0 Å². The fourth-order valence-corrected chi connectivity index (χ4v) is 2.33. The Bertz CT molecular complexity index is 581. The number of benzene rings is 2. The lowest BCUT2D eigenvalue weighted by atomic mass is 10.0. The summed E-state index contributed by atoms with van der Waals surface area (Å²) in [5.74, 6) is -0.0406. The molecule has 1 amide bonds. The first-order valence-electron chi connectivity index (χ1n) is 7.20. The third-order valence-corrected chi connectivity index (χ3v) is 3.60. The van der Waals surface area contributed by atoms with E-state index >= 15 is 0 Å². The van der Waals surface area contributed by atoms with Crippen molar-refractivity contribution in [3.8, 4) is 0 Å². The van der Waals surface area contributed by atoms with Crippen molar-refractivity contribution in [1.82, 2.24) is 5.32 Å². The molecule has 2 rings (SSSR count). The van der Waals surface area contributed by atoms with Crippen molar-refractivity contribution >= 4 is 5.91 Å². The van der Waals surface area contributed by atoms with E-state index in [-0.39, 0.29) is 18.6 Å². The predicted molar refractivity (Wildman–Crippen MR) is 83.9 cm³/mol. The summed E-state index contributed by atoms with van der Waals surface area (Å²) in [5.41, 5.74) is 3.31. The maximum Gasteiger partial charge on any atom is 0.220 e. The fraction of sp³-hybridized carbons (Fsp3) is 0.278. The highest BCUT2D eigenvalue weighted by Crippen LogP contribution is 2.13. The number of hydrogen-bond acceptors (Lipinski definition) is 2. The molecular weight excluding hydrogens is 262 g/mol. The molecule has 110 valence electrons. The summed E-state index contributed by atoms with van der Waals surface area (Å²) in [5, 5.41) is 12.3. The molecule has 0 fully saturated rings. The van der Waals surface area contributed by atoms with Gasteiger partial charge in [0, 0.05) is 6.42 Å². The monoisotopic (exact) mass is 283 g/mol. The number of carbonyl (C=O) groups excluding carboxylic acids is 1. The molecule has 3 nitrogen and oxygen atoms in total. The molecule has 0 radical (unpaired) electrons. The highest BCUT2D eigenvalue weighted by Gasteiger charge is 2.13. The SMILES string of the molecule is Cc1ccccc1CCC(=O)N[C@@H](CO)c1ccccc1. The first kappa shape index (κ1) is 15.3. The molecule has 2 N–H and O–H groups in total. The topological polar surface area (TPSA) is 49.3 Å². The number of aryl methyl sites for hydroxylation is 2. The van der Waals surface area contributed by atoms with Gasteiger partial charge >= 0.3 is 0 Å². The Balaban J connectivity index is 1.90. The molecule has 2 aromatic rings. The third kappa shape index (κ3) is 4.43. The lowest BCUT2D eigenvalue weighted by Crippen LogP contribution is -2.30. The van der Waals surface area contributed by atoms with E-state index in [9.17, 15) is 9.90 Å². The zero-order valence-electron chi connectivity index (χ0n) is 12.3. The Morgan fingerprint density at radius 1 is 1.10 bits per heavy atom. The molecule has 0 heterocycles. The van der Waals surface area contributed by atoms with Crippen LogP contribution in [-0.4, -0.2) is 17.6 Å². The van der Waals surface area contributed by atoms with E-state index in [1.807, 2.05) is 61.5 Å². The van der Waals surface area contributed by atoms with E-state index in [0.717, 1.165) is 5.56 Å². The van der Waals surface area contributed by atoms with Gasteiger partial charge in [-0.1, -0.05) is 54.6 Å². The van der Waals surface area contributed by atoms with Crippen LogP contribution in [0.2, 0.25) is 0 Å². The zero-order chi connectivity index (χ0) is 15.1. The molecule has 0 aliphatic rings. The van der Waals surface area contributed by atoms with Crippen molar-refractivity contribution in [2.45, 2.75) is 25.8 Å². The molecule has 21 heavy (non-hydrogen) atoms. The normalized spacial score (nSPS) is 11.9. The third-order valence-electron chi connectivity index (χ3n) is 3.60. The number of hydrogen-bond donors (Lipinski definition) is 2. The summed E-state index contributed by atoms with van der Waals surface area (Å²) in [7, 11) is 0. The molecule has 1 atom stereocenters. The molecule has 0 unspecified atom stereocenters. The molecule has 0 aliphatic heterocycles. The number of carbonyl (C=O) groups is 1. The van der Waals surface area contributed by atoms with Gasteiger partial charge in [-0.25, -0.2) is 0 Å². The van der Waals surface area contributed by atoms with E-state index in [0.29, 0.717) is 12.8 Å². The van der Waals surface area contributed by atoms with Crippen LogP contribution in [0.5, 0.6) is 0 Å². The Morgan fingerprint density at radius 3 is 2.43 bits per heavy atom. The van der Waals surface area contributed by atoms with Crippen LogP contribution in [0.1, 0.15) is 29.2 Å². The van der Waals surface area contributed by atoms with Crippen LogP contribution in [0.3, 0.4) is 0 Å². The lowest BCUT2D eigenvalue weighted by molar-refractivity contribution is -0.122. The summed E-state index contributed by atoms with van der Waals surface area (Å²) < 4.78 is 0. The molecule has 2 aromatic carbocycles. The van der Waals surface area contributed by atoms with Gasteiger partial charge in [0.1, 0.15) is 0 Å². The molecule has 3 heteroatoms. The fourth-order valence-electron chi connectivity index (χ4n) is 2.33. The Morgan fingerprint density at radius 2 is 1.76 bits per heavy atom. The number of nitrogens with one attached hydrogen (secondary N) is 1. The van der Waals surface area contributed by atoms with Gasteiger partial charge in [-0.15, -0.1) is 0 Å². The number of rotatable bonds is 6. The highest BCUT2D eigenvalue weighted by atomic mass is 16.3. The second-order valence-corrected chi connectivity index (χ2v) is 5.14. The smallest absolute Gasteiger partial charge is 0.220 e. The van der Waals surface area contributed by atoms with Crippen LogP contribution >= 0.6 is 0 Å². The van der Waals surface area contributed by atoms with Crippen LogP contribution in [0.25, 0.3) is 0 Å². The van der Waals surface area contributed by atoms with Crippen molar-refractivity contribution in [1.29, 1.82) is 0 Å². The predicted octanol–water partition coefficient (Wildman–Crippen LogP) is 2.78. The summed E-state index contributed by atoms with van der Waals surface area (Å²) >= 11 is 0. The molecule has 0 saturated heterocycles. The van der Waals surface area contributed by atoms with E-state index in [2.05, 4.69) is 5.32 Å². The summed E-state index contributed by atoms with van der Waals surface area (Å²) in [6.07, 6.45) is 1.14. The molecular formula is C18H21NO2. The van der Waals surface area contributed by atoms with Crippen molar-refractivity contribution in [2.75, 3.05) is 6.61 Å². The Kier molecular flexibility index (Phi) is 5.52. The largest absolute Gasteiger partial charge is 0.394 e. The molecule has 0 bridgehead atoms. The summed E-state index contributed by atoms with van der Waals surface area (Å²) in [6.45, 7) is 1.95. The minimum atomic E-state index is -0.337. The summed E-state index contributed by atoms with van der Waals surface area (Å²) in [4.78, 5) is 12.0. The first-order valence-corrected chi connectivity index (χ1v) is 7.20. The van der Waals surface area contributed by atoms with Gasteiger partial charge in [0.2, 0.25) is 5.91 Å². The van der Waals surface area contributed by atoms with Gasteiger partial charge in [0.25, 0.3) is 0 Å². The van der Waals surface area contributed by atoms with Crippen molar-refractivity contribution in [2.24, 2.45) is 0 Å². The van der Waals surface area contributed by atoms with E-state index in [1.165, 1.54) is 11.1 Å². The lowest BCUT2D eigenvalue weighted by Gasteiger charge is -2.17. The van der Waals surface area contributed by atoms with Crippen molar-refractivity contribution < 1.29 is 9.90 Å². The number of amides is 1. The molecule has 0 saturated carbocycles. The van der Waals surface area contributed by atoms with Crippen LogP contribution in [0.4, 0.5) is 0 Å². The van der Waals surface area contributed by atoms with Crippen molar-refractivity contribution in [3.05, 3.63) is 71.3 Å². The average Bonchev–Trinajstić information content (AvgIpc) is 2.52. The van der Waals surface area contributed by atoms with Gasteiger partial charge < -0.3 is 10.4 Å². The van der Waals surface area contributed by atoms with Gasteiger partial charge in [-0.05, 0) is 30.0 Å². The quantitative estimate of drug-likeness (QED) is 0.856. The zero-order valence-corrected chi connectivity index (χ0v) is 12.3. The minimum absolute atomic E-state index is 0.0406. The first-order chi connectivity index (χ1) is 10.2. The minimum Gasteiger partial charge on any atom is -0.394 e. The molecule has 0 spiro atoms. The maximum absolute atomic E-state index is 12.0. The van der Waals surface area contributed by atoms with E-state index < -0.39 is 0 Å². The van der Waals surface area contributed by atoms with Gasteiger partial charge in [-0.2, -0.15) is 0 Å². The maximum atomic E-state index is 12.0. The van der Waals surface area contributed by atoms with E-state index in [1.54, 1.807) is 0 Å². The average molecular weight is 283 g/mol. The van der Waals surface area contributed by atoms with Crippen molar-refractivity contribution in [3.63, 3.8) is 0 Å². The number of aliphatic hydroxyl groups is 1. The molecule has 0 aliphatic carbocycles. The number of aliphatic hydroxyl groups excluding tert-OH is 1. The highest BCUT2D eigenvalue weighted by molar-refractivity contribution is 5.76. The molecule has 0 aromatic heterocycles. The van der Waals surface area contributed by atoms with Crippen LogP contribution in [0.15, 0.2) is 54.6 Å². The Hall–Kier alpha value is -2.13. The second kappa shape index (κ2) is 7.60. The summed E-state index contributed by atoms with van der Waals surface area (Å²) in [6, 6.07) is 17.3. The Labute approximate surface area is 125 Å². The second-order valence-electron chi connectivity index (χ2n) is 5.14. The van der Waals surface area contributed by atoms with Gasteiger partial charge in [0.05, 0.1) is 12.6 Å². The van der Waals surface area contributed by atoms with Gasteiger partial charge in [-0.3, -0.25) is 4.79 Å².